The summed E-state index contributed by atoms with van der Waals surface area (Å²) in [6.45, 7) is 6.86. The molecule has 8 nitrogen and oxygen atoms in total. The van der Waals surface area contributed by atoms with Crippen LogP contribution < -0.4 is 9.47 Å². The first-order valence-corrected chi connectivity index (χ1v) is 9.58. The van der Waals surface area contributed by atoms with E-state index in [1.54, 1.807) is 37.3 Å². The predicted octanol–water partition coefficient (Wildman–Crippen LogP) is 2.81. The lowest BCUT2D eigenvalue weighted by molar-refractivity contribution is -0.141. The second-order valence-corrected chi connectivity index (χ2v) is 6.64. The molecule has 1 aliphatic heterocycles. The first-order valence-electron chi connectivity index (χ1n) is 9.58. The number of benzene rings is 1. The third kappa shape index (κ3) is 5.60. The zero-order valence-corrected chi connectivity index (χ0v) is 17.8. The van der Waals surface area contributed by atoms with Gasteiger partial charge in [-0.3, -0.25) is 19.3 Å². The van der Waals surface area contributed by atoms with E-state index in [9.17, 15) is 19.6 Å². The van der Waals surface area contributed by atoms with E-state index in [2.05, 4.69) is 6.58 Å². The van der Waals surface area contributed by atoms with Crippen molar-refractivity contribution in [1.82, 2.24) is 4.90 Å². The molecule has 0 N–H and O–H groups in total. The Morgan fingerprint density at radius 1 is 1.26 bits per heavy atom. The number of esters is 1. The van der Waals surface area contributed by atoms with Gasteiger partial charge in [0.15, 0.2) is 11.5 Å². The van der Waals surface area contributed by atoms with Crippen LogP contribution in [-0.4, -0.2) is 49.6 Å². The van der Waals surface area contributed by atoms with Crippen LogP contribution in [0.5, 0.6) is 11.5 Å². The van der Waals surface area contributed by atoms with Gasteiger partial charge in [0.25, 0.3) is 11.8 Å². The average molecular weight is 424 g/mol. The highest BCUT2D eigenvalue weighted by atomic mass is 16.5. The summed E-state index contributed by atoms with van der Waals surface area (Å²) < 4.78 is 15.7. The van der Waals surface area contributed by atoms with E-state index in [0.717, 1.165) is 4.90 Å². The zero-order chi connectivity index (χ0) is 23.0. The van der Waals surface area contributed by atoms with E-state index >= 15 is 0 Å². The molecule has 0 unspecified atom stereocenters. The summed E-state index contributed by atoms with van der Waals surface area (Å²) in [6, 6.07) is 7.02. The minimum atomic E-state index is -0.657. The SMILES string of the molecule is C=CCOc1ccc(/C=C2/C(=O)N(CCCOC(C)=O)C(=O)C(C#N)=C2C)cc1OC. The molecule has 0 aliphatic carbocycles. The number of nitriles is 1. The molecule has 1 aromatic rings. The molecule has 2 amide bonds. The van der Waals surface area contributed by atoms with Gasteiger partial charge in [-0.25, -0.2) is 0 Å². The van der Waals surface area contributed by atoms with Crippen LogP contribution in [0.4, 0.5) is 0 Å². The van der Waals surface area contributed by atoms with Gasteiger partial charge in [0.05, 0.1) is 13.7 Å². The van der Waals surface area contributed by atoms with Crippen molar-refractivity contribution in [2.24, 2.45) is 0 Å². The molecule has 0 atom stereocenters. The van der Waals surface area contributed by atoms with Crippen LogP contribution in [-0.2, 0) is 19.1 Å². The average Bonchev–Trinajstić information content (AvgIpc) is 2.75. The van der Waals surface area contributed by atoms with E-state index in [1.807, 2.05) is 6.07 Å². The number of nitrogens with zero attached hydrogens (tertiary/aromatic N) is 2. The maximum Gasteiger partial charge on any atom is 0.302 e. The summed E-state index contributed by atoms with van der Waals surface area (Å²) in [5.74, 6) is -0.631. The molecule has 0 saturated carbocycles. The van der Waals surface area contributed by atoms with Crippen molar-refractivity contribution in [2.75, 3.05) is 26.9 Å². The normalized spacial score (nSPS) is 15.0. The van der Waals surface area contributed by atoms with Gasteiger partial charge in [-0.05, 0) is 42.7 Å². The zero-order valence-electron chi connectivity index (χ0n) is 17.8. The van der Waals surface area contributed by atoms with Gasteiger partial charge in [-0.2, -0.15) is 5.26 Å². The third-order valence-corrected chi connectivity index (χ3v) is 4.51. The van der Waals surface area contributed by atoms with E-state index < -0.39 is 17.8 Å². The molecule has 1 heterocycles. The lowest BCUT2D eigenvalue weighted by atomic mass is 9.93. The van der Waals surface area contributed by atoms with E-state index in [0.29, 0.717) is 29.2 Å². The summed E-state index contributed by atoms with van der Waals surface area (Å²) >= 11 is 0. The lowest BCUT2D eigenvalue weighted by Crippen LogP contribution is -2.43. The van der Waals surface area contributed by atoms with Crippen LogP contribution >= 0.6 is 0 Å². The number of hydrogen-bond acceptors (Lipinski definition) is 7. The Balaban J connectivity index is 2.37. The predicted molar refractivity (Wildman–Crippen MR) is 113 cm³/mol. The number of ether oxygens (including phenoxy) is 3. The highest BCUT2D eigenvalue weighted by Crippen LogP contribution is 2.31. The van der Waals surface area contributed by atoms with Crippen molar-refractivity contribution in [3.63, 3.8) is 0 Å². The van der Waals surface area contributed by atoms with Crippen LogP contribution in [0.25, 0.3) is 6.08 Å². The van der Waals surface area contributed by atoms with E-state index in [-0.39, 0.29) is 30.7 Å². The topological polar surface area (TPSA) is 106 Å². The Morgan fingerprint density at radius 2 is 2.00 bits per heavy atom. The largest absolute Gasteiger partial charge is 0.493 e. The summed E-state index contributed by atoms with van der Waals surface area (Å²) in [5.41, 5.74) is 1.07. The van der Waals surface area contributed by atoms with Gasteiger partial charge < -0.3 is 14.2 Å². The first-order chi connectivity index (χ1) is 14.8. The molecule has 162 valence electrons. The van der Waals surface area contributed by atoms with Gasteiger partial charge in [0.1, 0.15) is 18.2 Å². The summed E-state index contributed by atoms with van der Waals surface area (Å²) in [5, 5.41) is 9.46. The van der Waals surface area contributed by atoms with Gasteiger partial charge in [-0.15, -0.1) is 0 Å². The molecule has 1 aliphatic rings. The molecule has 0 spiro atoms. The summed E-state index contributed by atoms with van der Waals surface area (Å²) in [6.07, 6.45) is 3.48. The van der Waals surface area contributed by atoms with Crippen LogP contribution in [0.2, 0.25) is 0 Å². The fourth-order valence-electron chi connectivity index (χ4n) is 2.98. The maximum absolute atomic E-state index is 13.0. The highest BCUT2D eigenvalue weighted by Gasteiger charge is 2.35. The molecule has 0 bridgehead atoms. The monoisotopic (exact) mass is 424 g/mol. The smallest absolute Gasteiger partial charge is 0.302 e. The molecule has 0 saturated heterocycles. The standard InChI is InChI=1S/C23H24N2O6/c1-5-10-31-20-8-7-17(13-21(20)29-4)12-18-15(2)19(14-24)23(28)25(22(18)27)9-6-11-30-16(3)26/h5,7-8,12-13H,1,6,9-11H2,2-4H3/b18-12+. The summed E-state index contributed by atoms with van der Waals surface area (Å²) in [7, 11) is 1.50. The number of amides is 2. The van der Waals surface area contributed by atoms with Crippen molar-refractivity contribution < 1.29 is 28.6 Å². The Kier molecular flexibility index (Phi) is 8.15. The van der Waals surface area contributed by atoms with Crippen molar-refractivity contribution in [3.8, 4) is 17.6 Å². The molecule has 0 radical (unpaired) electrons. The fourth-order valence-corrected chi connectivity index (χ4v) is 2.98. The van der Waals surface area contributed by atoms with Crippen molar-refractivity contribution in [2.45, 2.75) is 20.3 Å². The minimum absolute atomic E-state index is 0.0262. The number of carbonyl (C=O) groups is 3. The number of methoxy groups -OCH3 is 1. The quantitative estimate of drug-likeness (QED) is 0.197. The van der Waals surface area contributed by atoms with Crippen molar-refractivity contribution in [3.05, 3.63) is 53.1 Å². The Hall–Kier alpha value is -3.86. The molecule has 8 heteroatoms. The van der Waals surface area contributed by atoms with Gasteiger partial charge >= 0.3 is 5.97 Å². The molecular weight excluding hydrogens is 400 g/mol. The second-order valence-electron chi connectivity index (χ2n) is 6.64. The highest BCUT2D eigenvalue weighted by molar-refractivity contribution is 6.19. The first kappa shape index (κ1) is 23.4. The van der Waals surface area contributed by atoms with Gasteiger partial charge in [-0.1, -0.05) is 18.7 Å². The number of imide groups is 1. The maximum atomic E-state index is 13.0. The van der Waals surface area contributed by atoms with Gasteiger partial charge in [0, 0.05) is 19.0 Å². The van der Waals surface area contributed by atoms with Crippen LogP contribution in [0, 0.1) is 11.3 Å². The Labute approximate surface area is 181 Å². The Morgan fingerprint density at radius 3 is 2.61 bits per heavy atom. The number of carbonyl (C=O) groups excluding carboxylic acids is 3. The van der Waals surface area contributed by atoms with E-state index in [1.165, 1.54) is 14.0 Å². The van der Waals surface area contributed by atoms with Crippen LogP contribution in [0.3, 0.4) is 0 Å². The molecule has 0 fully saturated rings. The Bertz CT molecular complexity index is 1000. The van der Waals surface area contributed by atoms with E-state index in [4.69, 9.17) is 14.2 Å². The second kappa shape index (κ2) is 10.8. The third-order valence-electron chi connectivity index (χ3n) is 4.51. The summed E-state index contributed by atoms with van der Waals surface area (Å²) in [4.78, 5) is 37.5. The van der Waals surface area contributed by atoms with Crippen molar-refractivity contribution in [1.29, 1.82) is 5.26 Å². The van der Waals surface area contributed by atoms with Crippen molar-refractivity contribution >= 4 is 23.9 Å². The minimum Gasteiger partial charge on any atom is -0.493 e. The van der Waals surface area contributed by atoms with Crippen LogP contribution in [0.1, 0.15) is 25.8 Å². The molecule has 31 heavy (non-hydrogen) atoms. The van der Waals surface area contributed by atoms with Crippen LogP contribution in [0.15, 0.2) is 47.6 Å². The molecular formula is C23H24N2O6. The van der Waals surface area contributed by atoms with Gasteiger partial charge in [0.2, 0.25) is 0 Å². The lowest BCUT2D eigenvalue weighted by Gasteiger charge is -2.27. The molecule has 0 aromatic heterocycles. The molecule has 2 rings (SSSR count). The number of hydrogen-bond donors (Lipinski definition) is 0. The molecule has 1 aromatic carbocycles. The fraction of sp³-hybridized carbons (Fsp3) is 0.304. The number of rotatable bonds is 9.